The fraction of sp³-hybridized carbons (Fsp3) is 0.462. The number of nitrogens with zero attached hydrogens (tertiary/aromatic N) is 1. The van der Waals surface area contributed by atoms with Gasteiger partial charge in [-0.3, -0.25) is 4.79 Å². The highest BCUT2D eigenvalue weighted by Crippen LogP contribution is 2.25. The number of piperidine rings is 1. The molecule has 0 atom stereocenters. The molecule has 0 saturated carbocycles. The molecule has 21 heavy (non-hydrogen) atoms. The van der Waals surface area contributed by atoms with E-state index >= 15 is 0 Å². The third kappa shape index (κ3) is 3.21. The van der Waals surface area contributed by atoms with Gasteiger partial charge in [0.1, 0.15) is 16.5 Å². The van der Waals surface area contributed by atoms with Crippen LogP contribution in [0.5, 0.6) is 0 Å². The Morgan fingerprint density at radius 2 is 1.90 bits per heavy atom. The highest BCUT2D eigenvalue weighted by atomic mass is 32.2. The molecule has 1 fully saturated rings. The van der Waals surface area contributed by atoms with Crippen molar-refractivity contribution >= 4 is 15.9 Å². The topological polar surface area (TPSA) is 66.5 Å². The van der Waals surface area contributed by atoms with Gasteiger partial charge >= 0.3 is 0 Å². The Balaban J connectivity index is 2.17. The summed E-state index contributed by atoms with van der Waals surface area (Å²) in [5.41, 5.74) is 0. The van der Waals surface area contributed by atoms with Crippen LogP contribution in [0.25, 0.3) is 0 Å². The van der Waals surface area contributed by atoms with Crippen molar-refractivity contribution in [2.24, 2.45) is 5.92 Å². The maximum atomic E-state index is 13.7. The Labute approximate surface area is 122 Å². The van der Waals surface area contributed by atoms with Gasteiger partial charge in [-0.25, -0.2) is 17.2 Å². The van der Waals surface area contributed by atoms with Gasteiger partial charge in [0.15, 0.2) is 0 Å². The summed E-state index contributed by atoms with van der Waals surface area (Å²) in [6, 6.07) is 2.38. The molecule has 1 aliphatic rings. The first-order valence-electron chi connectivity index (χ1n) is 6.53. The third-order valence-corrected chi connectivity index (χ3v) is 5.51. The Morgan fingerprint density at radius 3 is 2.43 bits per heavy atom. The quantitative estimate of drug-likeness (QED) is 0.908. The summed E-state index contributed by atoms with van der Waals surface area (Å²) >= 11 is 0. The van der Waals surface area contributed by atoms with E-state index in [0.29, 0.717) is 18.9 Å². The molecule has 5 nitrogen and oxygen atoms in total. The van der Waals surface area contributed by atoms with Gasteiger partial charge in [0, 0.05) is 32.1 Å². The van der Waals surface area contributed by atoms with Crippen LogP contribution in [0.3, 0.4) is 0 Å². The average molecular weight is 318 g/mol. The van der Waals surface area contributed by atoms with Crippen LogP contribution in [0.4, 0.5) is 8.78 Å². The van der Waals surface area contributed by atoms with Crippen LogP contribution in [0, 0.1) is 17.6 Å². The van der Waals surface area contributed by atoms with E-state index in [1.165, 1.54) is 7.05 Å². The molecule has 1 saturated heterocycles. The second kappa shape index (κ2) is 6.07. The van der Waals surface area contributed by atoms with E-state index in [2.05, 4.69) is 5.32 Å². The van der Waals surface area contributed by atoms with Crippen molar-refractivity contribution in [1.29, 1.82) is 0 Å². The molecule has 1 aliphatic heterocycles. The lowest BCUT2D eigenvalue weighted by Gasteiger charge is -2.30. The number of halogens is 2. The normalized spacial score (nSPS) is 17.7. The van der Waals surface area contributed by atoms with Crippen LogP contribution in [0.1, 0.15) is 12.8 Å². The molecular formula is C13H16F2N2O3S. The van der Waals surface area contributed by atoms with Crippen LogP contribution in [-0.4, -0.2) is 38.8 Å². The Bertz CT molecular complexity index is 641. The van der Waals surface area contributed by atoms with Crippen LogP contribution < -0.4 is 5.32 Å². The maximum absolute atomic E-state index is 13.7. The molecule has 0 unspecified atom stereocenters. The van der Waals surface area contributed by atoms with E-state index in [9.17, 15) is 22.0 Å². The standard InChI is InChI=1S/C13H16F2N2O3S/c1-16-13(18)9-4-6-17(7-5-9)21(19,20)12-3-2-10(14)8-11(12)15/h2-3,8-9H,4-7H2,1H3,(H,16,18). The number of carbonyl (C=O) groups excluding carboxylic acids is 1. The smallest absolute Gasteiger partial charge is 0.245 e. The zero-order valence-electron chi connectivity index (χ0n) is 11.5. The number of benzene rings is 1. The second-order valence-electron chi connectivity index (χ2n) is 4.87. The fourth-order valence-corrected chi connectivity index (χ4v) is 3.90. The van der Waals surface area contributed by atoms with Crippen LogP contribution in [0.2, 0.25) is 0 Å². The minimum Gasteiger partial charge on any atom is -0.359 e. The number of rotatable bonds is 3. The molecule has 2 rings (SSSR count). The Kier molecular flexibility index (Phi) is 4.58. The van der Waals surface area contributed by atoms with Crippen molar-refractivity contribution in [1.82, 2.24) is 9.62 Å². The molecule has 0 spiro atoms. The Morgan fingerprint density at radius 1 is 1.29 bits per heavy atom. The molecule has 0 aliphatic carbocycles. The summed E-state index contributed by atoms with van der Waals surface area (Å²) < 4.78 is 52.3. The second-order valence-corrected chi connectivity index (χ2v) is 6.77. The first kappa shape index (κ1) is 15.8. The van der Waals surface area contributed by atoms with Crippen molar-refractivity contribution in [2.75, 3.05) is 20.1 Å². The van der Waals surface area contributed by atoms with Crippen molar-refractivity contribution in [2.45, 2.75) is 17.7 Å². The van der Waals surface area contributed by atoms with Gasteiger partial charge < -0.3 is 5.32 Å². The summed E-state index contributed by atoms with van der Waals surface area (Å²) in [4.78, 5) is 11.0. The van der Waals surface area contributed by atoms with E-state index in [0.717, 1.165) is 16.4 Å². The van der Waals surface area contributed by atoms with Gasteiger partial charge in [0.05, 0.1) is 0 Å². The zero-order chi connectivity index (χ0) is 15.6. The molecular weight excluding hydrogens is 302 g/mol. The molecule has 116 valence electrons. The van der Waals surface area contributed by atoms with Crippen molar-refractivity contribution < 1.29 is 22.0 Å². The van der Waals surface area contributed by atoms with Crippen molar-refractivity contribution in [3.63, 3.8) is 0 Å². The van der Waals surface area contributed by atoms with E-state index < -0.39 is 26.6 Å². The number of hydrogen-bond acceptors (Lipinski definition) is 3. The summed E-state index contributed by atoms with van der Waals surface area (Å²) in [5.74, 6) is -2.30. The van der Waals surface area contributed by atoms with Gasteiger partial charge in [0.25, 0.3) is 0 Å². The lowest BCUT2D eigenvalue weighted by Crippen LogP contribution is -2.42. The van der Waals surface area contributed by atoms with Gasteiger partial charge in [-0.05, 0) is 25.0 Å². The van der Waals surface area contributed by atoms with E-state index in [4.69, 9.17) is 0 Å². The van der Waals surface area contributed by atoms with Gasteiger partial charge in [0.2, 0.25) is 15.9 Å². The Hall–Kier alpha value is -1.54. The first-order valence-corrected chi connectivity index (χ1v) is 7.97. The number of sulfonamides is 1. The van der Waals surface area contributed by atoms with Crippen LogP contribution in [0.15, 0.2) is 23.1 Å². The maximum Gasteiger partial charge on any atom is 0.245 e. The minimum absolute atomic E-state index is 0.125. The van der Waals surface area contributed by atoms with E-state index in [1.807, 2.05) is 0 Å². The molecule has 0 aromatic heterocycles. The molecule has 1 aromatic carbocycles. The van der Waals surface area contributed by atoms with Gasteiger partial charge in [-0.15, -0.1) is 0 Å². The summed E-state index contributed by atoms with van der Waals surface area (Å²) in [7, 11) is -2.48. The third-order valence-electron chi connectivity index (χ3n) is 3.58. The average Bonchev–Trinajstić information content (AvgIpc) is 2.46. The lowest BCUT2D eigenvalue weighted by atomic mass is 9.97. The SMILES string of the molecule is CNC(=O)C1CCN(S(=O)(=O)c2ccc(F)cc2F)CC1. The number of carbonyl (C=O) groups is 1. The van der Waals surface area contributed by atoms with Crippen molar-refractivity contribution in [3.8, 4) is 0 Å². The highest BCUT2D eigenvalue weighted by molar-refractivity contribution is 7.89. The van der Waals surface area contributed by atoms with Gasteiger partial charge in [-0.2, -0.15) is 4.31 Å². The molecule has 1 aromatic rings. The minimum atomic E-state index is -4.01. The van der Waals surface area contributed by atoms with Gasteiger partial charge in [-0.1, -0.05) is 0 Å². The molecule has 8 heteroatoms. The summed E-state index contributed by atoms with van der Waals surface area (Å²) in [6.45, 7) is 0.272. The number of hydrogen-bond donors (Lipinski definition) is 1. The molecule has 1 heterocycles. The lowest BCUT2D eigenvalue weighted by molar-refractivity contribution is -0.125. The van der Waals surface area contributed by atoms with Crippen molar-refractivity contribution in [3.05, 3.63) is 29.8 Å². The van der Waals surface area contributed by atoms with E-state index in [1.54, 1.807) is 0 Å². The van der Waals surface area contributed by atoms with Crippen LogP contribution >= 0.6 is 0 Å². The summed E-state index contributed by atoms with van der Waals surface area (Å²) in [6.07, 6.45) is 0.753. The molecule has 0 radical (unpaired) electrons. The van der Waals surface area contributed by atoms with Crippen LogP contribution in [-0.2, 0) is 14.8 Å². The molecule has 1 amide bonds. The fourth-order valence-electron chi connectivity index (χ4n) is 2.39. The monoisotopic (exact) mass is 318 g/mol. The predicted molar refractivity (Wildman–Crippen MR) is 71.9 cm³/mol. The predicted octanol–water partition coefficient (Wildman–Crippen LogP) is 1.11. The molecule has 1 N–H and O–H groups in total. The largest absolute Gasteiger partial charge is 0.359 e. The number of amides is 1. The zero-order valence-corrected chi connectivity index (χ0v) is 12.3. The number of nitrogens with one attached hydrogen (secondary N) is 1. The molecule has 0 bridgehead atoms. The van der Waals surface area contributed by atoms with E-state index in [-0.39, 0.29) is 24.9 Å². The first-order chi connectivity index (χ1) is 9.86. The summed E-state index contributed by atoms with van der Waals surface area (Å²) in [5, 5.41) is 2.53. The highest BCUT2D eigenvalue weighted by Gasteiger charge is 2.33.